The lowest BCUT2D eigenvalue weighted by atomic mass is 10.2. The number of rotatable bonds is 2. The van der Waals surface area contributed by atoms with Crippen molar-refractivity contribution in [1.82, 2.24) is 9.21 Å². The number of carbonyl (C=O) groups excluding carboxylic acids is 1. The summed E-state index contributed by atoms with van der Waals surface area (Å²) in [5.41, 5.74) is 0.700. The lowest BCUT2D eigenvalue weighted by Crippen LogP contribution is -2.44. The smallest absolute Gasteiger partial charge is 0.294 e. The van der Waals surface area contributed by atoms with Crippen molar-refractivity contribution in [2.45, 2.75) is 11.8 Å². The van der Waals surface area contributed by atoms with E-state index in [-0.39, 0.29) is 10.6 Å². The van der Waals surface area contributed by atoms with E-state index < -0.39 is 21.9 Å². The maximum absolute atomic E-state index is 13.6. The number of sulfonamides is 1. The molecule has 5 nitrogen and oxygen atoms in total. The number of nitrogens with zero attached hydrogens (tertiary/aromatic N) is 2. The number of urea groups is 1. The van der Waals surface area contributed by atoms with Crippen LogP contribution in [0.3, 0.4) is 0 Å². The minimum Gasteiger partial charge on any atom is -0.294 e. The molecule has 0 N–H and O–H groups in total. The molecule has 0 fully saturated rings. The van der Waals surface area contributed by atoms with E-state index in [4.69, 9.17) is 0 Å². The van der Waals surface area contributed by atoms with Crippen LogP contribution in [0.5, 0.6) is 0 Å². The number of likely N-dealkylation sites (N-methyl/N-ethyl adjacent to an activating group) is 1. The molecule has 0 bridgehead atoms. The molecule has 106 valence electrons. The number of hydrogen-bond donors (Lipinski definition) is 0. The highest BCUT2D eigenvalue weighted by Gasteiger charge is 2.35. The average molecular weight is 296 g/mol. The van der Waals surface area contributed by atoms with Gasteiger partial charge in [-0.15, -0.1) is 0 Å². The van der Waals surface area contributed by atoms with Gasteiger partial charge in [-0.1, -0.05) is 24.3 Å². The highest BCUT2D eigenvalue weighted by Crippen LogP contribution is 2.27. The van der Waals surface area contributed by atoms with E-state index in [1.54, 1.807) is 19.1 Å². The van der Waals surface area contributed by atoms with Gasteiger partial charge in [-0.05, 0) is 19.1 Å². The third-order valence-corrected chi connectivity index (χ3v) is 4.61. The van der Waals surface area contributed by atoms with Gasteiger partial charge in [0.15, 0.2) is 5.83 Å². The van der Waals surface area contributed by atoms with E-state index in [2.05, 4.69) is 6.58 Å². The van der Waals surface area contributed by atoms with Crippen LogP contribution >= 0.6 is 0 Å². The first-order chi connectivity index (χ1) is 9.25. The summed E-state index contributed by atoms with van der Waals surface area (Å²) in [4.78, 5) is 12.7. The summed E-state index contributed by atoms with van der Waals surface area (Å²) in [6, 6.07) is 5.06. The Bertz CT molecular complexity index is 708. The van der Waals surface area contributed by atoms with Gasteiger partial charge >= 0.3 is 6.03 Å². The number of carbonyl (C=O) groups is 1. The van der Waals surface area contributed by atoms with Crippen molar-refractivity contribution < 1.29 is 17.6 Å². The SMILES string of the molecule is C=C1C(F)=CN(S(=O)(=O)c2ccc(C)cc2)C(=O)N1C. The number of aryl methyl sites for hydroxylation is 1. The molecule has 0 unspecified atom stereocenters. The van der Waals surface area contributed by atoms with Gasteiger partial charge in [0.1, 0.15) is 0 Å². The molecular weight excluding hydrogens is 283 g/mol. The summed E-state index contributed by atoms with van der Waals surface area (Å²) in [5, 5.41) is 0. The van der Waals surface area contributed by atoms with Crippen molar-refractivity contribution in [3.8, 4) is 0 Å². The van der Waals surface area contributed by atoms with Crippen LogP contribution in [0.2, 0.25) is 0 Å². The highest BCUT2D eigenvalue weighted by molar-refractivity contribution is 7.89. The van der Waals surface area contributed by atoms with Crippen LogP contribution in [0.1, 0.15) is 5.56 Å². The van der Waals surface area contributed by atoms with E-state index in [0.717, 1.165) is 10.5 Å². The third kappa shape index (κ3) is 2.20. The Labute approximate surface area is 116 Å². The lowest BCUT2D eigenvalue weighted by molar-refractivity contribution is 0.202. The maximum Gasteiger partial charge on any atom is 0.342 e. The molecule has 0 saturated heterocycles. The van der Waals surface area contributed by atoms with Crippen molar-refractivity contribution in [2.75, 3.05) is 7.05 Å². The molecule has 1 aliphatic rings. The molecule has 1 heterocycles. The molecule has 1 aliphatic heterocycles. The zero-order valence-corrected chi connectivity index (χ0v) is 11.8. The van der Waals surface area contributed by atoms with Crippen LogP contribution in [0.4, 0.5) is 9.18 Å². The standard InChI is InChI=1S/C13H13FN2O3S/c1-9-4-6-11(7-5-9)20(18,19)16-8-12(14)10(2)15(3)13(16)17/h4-8H,2H2,1,3H3. The highest BCUT2D eigenvalue weighted by atomic mass is 32.2. The number of amides is 2. The third-order valence-electron chi connectivity index (χ3n) is 2.96. The van der Waals surface area contributed by atoms with Gasteiger partial charge in [0, 0.05) is 7.05 Å². The molecule has 0 spiro atoms. The number of allylic oxidation sites excluding steroid dienone is 1. The Morgan fingerprint density at radius 3 is 2.30 bits per heavy atom. The van der Waals surface area contributed by atoms with Crippen molar-refractivity contribution in [3.05, 3.63) is 54.1 Å². The number of hydrogen-bond acceptors (Lipinski definition) is 3. The van der Waals surface area contributed by atoms with Crippen molar-refractivity contribution in [2.24, 2.45) is 0 Å². The Hall–Kier alpha value is -2.15. The molecule has 1 aromatic carbocycles. The fraction of sp³-hybridized carbons (Fsp3) is 0.154. The zero-order chi connectivity index (χ0) is 15.1. The van der Waals surface area contributed by atoms with E-state index in [1.165, 1.54) is 19.2 Å². The Morgan fingerprint density at radius 1 is 1.20 bits per heavy atom. The van der Waals surface area contributed by atoms with E-state index in [9.17, 15) is 17.6 Å². The predicted molar refractivity (Wildman–Crippen MR) is 71.7 cm³/mol. The van der Waals surface area contributed by atoms with Gasteiger partial charge in [-0.25, -0.2) is 17.6 Å². The van der Waals surface area contributed by atoms with Crippen LogP contribution in [-0.4, -0.2) is 30.7 Å². The lowest BCUT2D eigenvalue weighted by Gasteiger charge is -2.30. The predicted octanol–water partition coefficient (Wildman–Crippen LogP) is 2.38. The Morgan fingerprint density at radius 2 is 1.75 bits per heavy atom. The molecule has 2 rings (SSSR count). The molecule has 0 aliphatic carbocycles. The molecule has 0 radical (unpaired) electrons. The van der Waals surface area contributed by atoms with Crippen molar-refractivity contribution >= 4 is 16.1 Å². The number of halogens is 1. The molecule has 2 amide bonds. The van der Waals surface area contributed by atoms with Gasteiger partial charge in [0.25, 0.3) is 10.0 Å². The van der Waals surface area contributed by atoms with Crippen molar-refractivity contribution in [3.63, 3.8) is 0 Å². The molecule has 0 saturated carbocycles. The Balaban J connectivity index is 2.52. The molecule has 7 heteroatoms. The topological polar surface area (TPSA) is 57.7 Å². The van der Waals surface area contributed by atoms with Gasteiger partial charge < -0.3 is 0 Å². The summed E-state index contributed by atoms with van der Waals surface area (Å²) < 4.78 is 38.7. The summed E-state index contributed by atoms with van der Waals surface area (Å²) in [5.74, 6) is -0.872. The molecular formula is C13H13FN2O3S. The second-order valence-electron chi connectivity index (χ2n) is 4.38. The first-order valence-corrected chi connectivity index (χ1v) is 7.14. The van der Waals surface area contributed by atoms with Gasteiger partial charge in [0.2, 0.25) is 0 Å². The molecule has 20 heavy (non-hydrogen) atoms. The van der Waals surface area contributed by atoms with E-state index in [0.29, 0.717) is 10.5 Å². The number of benzene rings is 1. The first-order valence-electron chi connectivity index (χ1n) is 5.70. The summed E-state index contributed by atoms with van der Waals surface area (Å²) in [7, 11) is -2.87. The molecule has 1 aromatic rings. The quantitative estimate of drug-likeness (QED) is 0.842. The van der Waals surface area contributed by atoms with Crippen LogP contribution < -0.4 is 0 Å². The zero-order valence-electron chi connectivity index (χ0n) is 11.0. The van der Waals surface area contributed by atoms with Crippen LogP contribution in [0.25, 0.3) is 0 Å². The largest absolute Gasteiger partial charge is 0.342 e. The van der Waals surface area contributed by atoms with Gasteiger partial charge in [0.05, 0.1) is 16.8 Å². The minimum atomic E-state index is -4.13. The molecule has 0 aromatic heterocycles. The van der Waals surface area contributed by atoms with Crippen LogP contribution in [0.15, 0.2) is 53.5 Å². The maximum atomic E-state index is 13.6. The van der Waals surface area contributed by atoms with E-state index in [1.807, 2.05) is 0 Å². The van der Waals surface area contributed by atoms with Gasteiger partial charge in [-0.2, -0.15) is 4.31 Å². The fourth-order valence-electron chi connectivity index (χ4n) is 1.65. The monoisotopic (exact) mass is 296 g/mol. The summed E-state index contributed by atoms with van der Waals surface area (Å²) in [6.07, 6.45) is 0.639. The second kappa shape index (κ2) is 4.75. The first kappa shape index (κ1) is 14.3. The second-order valence-corrected chi connectivity index (χ2v) is 6.19. The average Bonchev–Trinajstić information content (AvgIpc) is 2.41. The fourth-order valence-corrected chi connectivity index (χ4v) is 2.92. The Kier molecular flexibility index (Phi) is 3.39. The summed E-state index contributed by atoms with van der Waals surface area (Å²) >= 11 is 0. The van der Waals surface area contributed by atoms with Gasteiger partial charge in [-0.3, -0.25) is 4.90 Å². The van der Waals surface area contributed by atoms with Crippen molar-refractivity contribution in [1.29, 1.82) is 0 Å². The van der Waals surface area contributed by atoms with Crippen LogP contribution in [0, 0.1) is 6.92 Å². The summed E-state index contributed by atoms with van der Waals surface area (Å²) in [6.45, 7) is 5.17. The molecule has 0 atom stereocenters. The normalized spacial score (nSPS) is 16.4. The minimum absolute atomic E-state index is 0.0820. The van der Waals surface area contributed by atoms with E-state index >= 15 is 0 Å². The van der Waals surface area contributed by atoms with Crippen LogP contribution in [-0.2, 0) is 10.0 Å².